The van der Waals surface area contributed by atoms with Gasteiger partial charge in [0.2, 0.25) is 5.91 Å². The quantitative estimate of drug-likeness (QED) is 0.884. The second-order valence-corrected chi connectivity index (χ2v) is 5.31. The van der Waals surface area contributed by atoms with E-state index in [1.54, 1.807) is 16.2 Å². The molecule has 1 heterocycles. The third-order valence-electron chi connectivity index (χ3n) is 3.96. The zero-order valence-electron chi connectivity index (χ0n) is 12.9. The Morgan fingerprint density at radius 2 is 1.81 bits per heavy atom. The summed E-state index contributed by atoms with van der Waals surface area (Å²) in [6, 6.07) is 7.86. The summed E-state index contributed by atoms with van der Waals surface area (Å²) in [5, 5.41) is 3.00. The SMILES string of the molecule is CCC(CC)NC(=O)CCn1c(=O)n(C)c2ccccc21. The fourth-order valence-electron chi connectivity index (χ4n) is 2.59. The minimum absolute atomic E-state index is 0.00327. The predicted molar refractivity (Wildman–Crippen MR) is 84.3 cm³/mol. The summed E-state index contributed by atoms with van der Waals surface area (Å²) in [6.07, 6.45) is 2.18. The number of aromatic nitrogens is 2. The van der Waals surface area contributed by atoms with Crippen molar-refractivity contribution in [1.82, 2.24) is 14.5 Å². The van der Waals surface area contributed by atoms with E-state index in [9.17, 15) is 9.59 Å². The smallest absolute Gasteiger partial charge is 0.328 e. The van der Waals surface area contributed by atoms with Gasteiger partial charge in [-0.25, -0.2) is 4.79 Å². The van der Waals surface area contributed by atoms with Crippen LogP contribution in [0.25, 0.3) is 11.0 Å². The summed E-state index contributed by atoms with van der Waals surface area (Å²) in [7, 11) is 1.76. The van der Waals surface area contributed by atoms with Crippen molar-refractivity contribution in [2.24, 2.45) is 7.05 Å². The highest BCUT2D eigenvalue weighted by molar-refractivity contribution is 5.78. The maximum absolute atomic E-state index is 12.2. The normalized spacial score (nSPS) is 11.2. The van der Waals surface area contributed by atoms with Gasteiger partial charge in [-0.15, -0.1) is 0 Å². The number of amides is 1. The van der Waals surface area contributed by atoms with Gasteiger partial charge in [-0.3, -0.25) is 13.9 Å². The summed E-state index contributed by atoms with van der Waals surface area (Å²) in [5.74, 6) is 0.00327. The number of hydrogen-bond donors (Lipinski definition) is 1. The van der Waals surface area contributed by atoms with Crippen LogP contribution in [0.15, 0.2) is 29.1 Å². The molecule has 1 aromatic carbocycles. The van der Waals surface area contributed by atoms with Crippen LogP contribution in [-0.4, -0.2) is 21.1 Å². The van der Waals surface area contributed by atoms with Crippen LogP contribution in [0, 0.1) is 0 Å². The Kier molecular flexibility index (Phi) is 4.83. The van der Waals surface area contributed by atoms with Crippen LogP contribution in [0.3, 0.4) is 0 Å². The molecule has 0 unspecified atom stereocenters. The highest BCUT2D eigenvalue weighted by Gasteiger charge is 2.12. The molecule has 21 heavy (non-hydrogen) atoms. The van der Waals surface area contributed by atoms with Gasteiger partial charge in [0.25, 0.3) is 0 Å². The van der Waals surface area contributed by atoms with Crippen LogP contribution in [0.5, 0.6) is 0 Å². The average Bonchev–Trinajstić information content (AvgIpc) is 2.75. The van der Waals surface area contributed by atoms with Gasteiger partial charge in [0.05, 0.1) is 11.0 Å². The van der Waals surface area contributed by atoms with Crippen molar-refractivity contribution in [1.29, 1.82) is 0 Å². The molecule has 114 valence electrons. The van der Waals surface area contributed by atoms with Gasteiger partial charge in [-0.2, -0.15) is 0 Å². The first-order chi connectivity index (χ1) is 10.1. The molecule has 0 atom stereocenters. The number of hydrogen-bond acceptors (Lipinski definition) is 2. The molecule has 5 nitrogen and oxygen atoms in total. The minimum atomic E-state index is -0.0773. The van der Waals surface area contributed by atoms with Crippen molar-refractivity contribution in [2.75, 3.05) is 0 Å². The van der Waals surface area contributed by atoms with Crippen LogP contribution >= 0.6 is 0 Å². The van der Waals surface area contributed by atoms with E-state index in [4.69, 9.17) is 0 Å². The molecule has 5 heteroatoms. The van der Waals surface area contributed by atoms with Gasteiger partial charge in [-0.05, 0) is 25.0 Å². The van der Waals surface area contributed by atoms with Gasteiger partial charge < -0.3 is 5.32 Å². The summed E-state index contributed by atoms with van der Waals surface area (Å²) < 4.78 is 3.29. The van der Waals surface area contributed by atoms with Crippen molar-refractivity contribution in [3.63, 3.8) is 0 Å². The second-order valence-electron chi connectivity index (χ2n) is 5.31. The zero-order valence-corrected chi connectivity index (χ0v) is 12.9. The highest BCUT2D eigenvalue weighted by Crippen LogP contribution is 2.11. The Bertz CT molecular complexity index is 680. The molecule has 0 radical (unpaired) electrons. The third kappa shape index (κ3) is 3.17. The largest absolute Gasteiger partial charge is 0.353 e. The maximum Gasteiger partial charge on any atom is 0.328 e. The Hall–Kier alpha value is -2.04. The number of imidazole rings is 1. The number of benzene rings is 1. The van der Waals surface area contributed by atoms with E-state index in [1.807, 2.05) is 24.3 Å². The molecule has 0 bridgehead atoms. The number of para-hydroxylation sites is 2. The van der Waals surface area contributed by atoms with Gasteiger partial charge in [0.1, 0.15) is 0 Å². The highest BCUT2D eigenvalue weighted by atomic mass is 16.2. The second kappa shape index (κ2) is 6.61. The Morgan fingerprint density at radius 1 is 1.19 bits per heavy atom. The molecular formula is C16H23N3O2. The number of carbonyl (C=O) groups is 1. The van der Waals surface area contributed by atoms with Gasteiger partial charge >= 0.3 is 5.69 Å². The molecular weight excluding hydrogens is 266 g/mol. The standard InChI is InChI=1S/C16H23N3O2/c1-4-12(5-2)17-15(20)10-11-19-14-9-7-6-8-13(14)18(3)16(19)21/h6-9,12H,4-5,10-11H2,1-3H3,(H,17,20). The van der Waals surface area contributed by atoms with E-state index in [-0.39, 0.29) is 17.6 Å². The molecule has 0 saturated heterocycles. The first-order valence-corrected chi connectivity index (χ1v) is 7.52. The molecule has 0 aliphatic heterocycles. The van der Waals surface area contributed by atoms with Crippen molar-refractivity contribution < 1.29 is 4.79 Å². The molecule has 0 aliphatic rings. The van der Waals surface area contributed by atoms with Gasteiger partial charge in [0, 0.05) is 26.1 Å². The Labute approximate surface area is 124 Å². The first-order valence-electron chi connectivity index (χ1n) is 7.52. The zero-order chi connectivity index (χ0) is 15.4. The predicted octanol–water partition coefficient (Wildman–Crippen LogP) is 2.03. The van der Waals surface area contributed by atoms with Crippen molar-refractivity contribution in [2.45, 2.75) is 45.7 Å². The fraction of sp³-hybridized carbons (Fsp3) is 0.500. The lowest BCUT2D eigenvalue weighted by molar-refractivity contribution is -0.122. The minimum Gasteiger partial charge on any atom is -0.353 e. The Balaban J connectivity index is 2.12. The average molecular weight is 289 g/mol. The van der Waals surface area contributed by atoms with Crippen LogP contribution in [0.4, 0.5) is 0 Å². The first kappa shape index (κ1) is 15.4. The molecule has 1 amide bonds. The number of rotatable bonds is 6. The van der Waals surface area contributed by atoms with Crippen molar-refractivity contribution >= 4 is 16.9 Å². The van der Waals surface area contributed by atoms with E-state index in [0.717, 1.165) is 23.9 Å². The molecule has 2 rings (SSSR count). The van der Waals surface area contributed by atoms with Crippen molar-refractivity contribution in [3.8, 4) is 0 Å². The monoisotopic (exact) mass is 289 g/mol. The molecule has 2 aromatic rings. The van der Waals surface area contributed by atoms with Crippen molar-refractivity contribution in [3.05, 3.63) is 34.7 Å². The number of nitrogens with one attached hydrogen (secondary N) is 1. The lowest BCUT2D eigenvalue weighted by Crippen LogP contribution is -2.35. The maximum atomic E-state index is 12.2. The van der Waals surface area contributed by atoms with E-state index < -0.39 is 0 Å². The Morgan fingerprint density at radius 3 is 2.43 bits per heavy atom. The molecule has 1 N–H and O–H groups in total. The van der Waals surface area contributed by atoms with E-state index >= 15 is 0 Å². The molecule has 0 spiro atoms. The number of carbonyl (C=O) groups excluding carboxylic acids is 1. The van der Waals surface area contributed by atoms with Crippen LogP contribution in [0.2, 0.25) is 0 Å². The van der Waals surface area contributed by atoms with Gasteiger partial charge in [0.15, 0.2) is 0 Å². The topological polar surface area (TPSA) is 56.0 Å². The van der Waals surface area contributed by atoms with Crippen LogP contribution in [0.1, 0.15) is 33.1 Å². The number of nitrogens with zero attached hydrogens (tertiary/aromatic N) is 2. The molecule has 1 aromatic heterocycles. The lowest BCUT2D eigenvalue weighted by atomic mass is 10.1. The number of fused-ring (bicyclic) bond motifs is 1. The molecule has 0 aliphatic carbocycles. The summed E-state index contributed by atoms with van der Waals surface area (Å²) >= 11 is 0. The fourth-order valence-corrected chi connectivity index (χ4v) is 2.59. The summed E-state index contributed by atoms with van der Waals surface area (Å²) in [4.78, 5) is 24.2. The lowest BCUT2D eigenvalue weighted by Gasteiger charge is -2.14. The summed E-state index contributed by atoms with van der Waals surface area (Å²) in [5.41, 5.74) is 1.69. The molecule has 0 saturated carbocycles. The van der Waals surface area contributed by atoms with Crippen LogP contribution in [-0.2, 0) is 18.4 Å². The van der Waals surface area contributed by atoms with E-state index in [2.05, 4.69) is 19.2 Å². The number of aryl methyl sites for hydroxylation is 2. The van der Waals surface area contributed by atoms with Gasteiger partial charge in [-0.1, -0.05) is 26.0 Å². The molecule has 0 fully saturated rings. The van der Waals surface area contributed by atoms with E-state index in [1.165, 1.54) is 0 Å². The van der Waals surface area contributed by atoms with E-state index in [0.29, 0.717) is 13.0 Å². The third-order valence-corrected chi connectivity index (χ3v) is 3.96. The summed E-state index contributed by atoms with van der Waals surface area (Å²) in [6.45, 7) is 4.53. The van der Waals surface area contributed by atoms with Crippen LogP contribution < -0.4 is 11.0 Å².